The number of benzene rings is 1. The van der Waals surface area contributed by atoms with E-state index in [9.17, 15) is 21.6 Å². The van der Waals surface area contributed by atoms with E-state index >= 15 is 0 Å². The second-order valence-corrected chi connectivity index (χ2v) is 6.04. The summed E-state index contributed by atoms with van der Waals surface area (Å²) in [5.41, 5.74) is 4.39. The molecule has 0 saturated heterocycles. The number of nitrogens with two attached hydrogens (primary N) is 1. The summed E-state index contributed by atoms with van der Waals surface area (Å²) in [5.74, 6) is -4.16. The molecule has 108 valence electrons. The monoisotopic (exact) mass is 296 g/mol. The zero-order chi connectivity index (χ0) is 14.8. The molecule has 0 aliphatic carbocycles. The molecule has 8 heteroatoms. The van der Waals surface area contributed by atoms with Crippen LogP contribution in [0.25, 0.3) is 0 Å². The molecule has 1 rings (SSSR count). The van der Waals surface area contributed by atoms with E-state index in [2.05, 4.69) is 4.72 Å². The summed E-state index contributed by atoms with van der Waals surface area (Å²) in [5, 5.41) is 0. The average molecular weight is 296 g/mol. The lowest BCUT2D eigenvalue weighted by molar-refractivity contribution is 0.407. The fourth-order valence-corrected chi connectivity index (χ4v) is 3.03. The highest BCUT2D eigenvalue weighted by molar-refractivity contribution is 7.89. The van der Waals surface area contributed by atoms with Gasteiger partial charge in [0.15, 0.2) is 4.90 Å². The van der Waals surface area contributed by atoms with Gasteiger partial charge in [-0.1, -0.05) is 6.92 Å². The zero-order valence-electron chi connectivity index (χ0n) is 10.5. The fourth-order valence-electron chi connectivity index (χ4n) is 1.42. The maximum Gasteiger partial charge on any atom is 0.246 e. The Bertz CT molecular complexity index is 548. The molecule has 1 aromatic carbocycles. The first-order valence-electron chi connectivity index (χ1n) is 5.54. The molecule has 0 heterocycles. The van der Waals surface area contributed by atoms with Crippen LogP contribution in [0.4, 0.5) is 13.2 Å². The van der Waals surface area contributed by atoms with Crippen molar-refractivity contribution < 1.29 is 21.6 Å². The van der Waals surface area contributed by atoms with Gasteiger partial charge in [-0.3, -0.25) is 0 Å². The van der Waals surface area contributed by atoms with Crippen LogP contribution in [0.3, 0.4) is 0 Å². The van der Waals surface area contributed by atoms with Gasteiger partial charge >= 0.3 is 0 Å². The first-order chi connectivity index (χ1) is 8.65. The number of sulfonamides is 1. The number of hydrogen-bond acceptors (Lipinski definition) is 3. The van der Waals surface area contributed by atoms with Crippen molar-refractivity contribution in [2.45, 2.75) is 30.7 Å². The van der Waals surface area contributed by atoms with Gasteiger partial charge < -0.3 is 5.73 Å². The smallest absolute Gasteiger partial charge is 0.246 e. The van der Waals surface area contributed by atoms with Crippen LogP contribution in [-0.2, 0) is 10.0 Å². The van der Waals surface area contributed by atoms with Crippen LogP contribution >= 0.6 is 0 Å². The minimum absolute atomic E-state index is 0.0484. The van der Waals surface area contributed by atoms with E-state index in [0.717, 1.165) is 0 Å². The molecule has 0 spiro atoms. The summed E-state index contributed by atoms with van der Waals surface area (Å²) in [6.07, 6.45) is 0.327. The highest BCUT2D eigenvalue weighted by Gasteiger charge is 2.32. The van der Waals surface area contributed by atoms with Crippen LogP contribution in [0.1, 0.15) is 20.3 Å². The summed E-state index contributed by atoms with van der Waals surface area (Å²) in [6.45, 7) is 3.13. The molecule has 0 fully saturated rings. The van der Waals surface area contributed by atoms with Gasteiger partial charge in [-0.2, -0.15) is 0 Å². The van der Waals surface area contributed by atoms with Gasteiger partial charge in [-0.05, 0) is 13.3 Å². The van der Waals surface area contributed by atoms with Gasteiger partial charge in [0.25, 0.3) is 0 Å². The molecule has 0 amide bonds. The van der Waals surface area contributed by atoms with Gasteiger partial charge in [0.1, 0.15) is 17.5 Å². The lowest BCUT2D eigenvalue weighted by Crippen LogP contribution is -2.51. The van der Waals surface area contributed by atoms with E-state index in [1.54, 1.807) is 6.92 Å². The number of hydrogen-bond donors (Lipinski definition) is 2. The third-order valence-electron chi connectivity index (χ3n) is 2.84. The maximum absolute atomic E-state index is 13.5. The minimum atomic E-state index is -4.47. The molecule has 4 nitrogen and oxygen atoms in total. The second kappa shape index (κ2) is 5.48. The fraction of sp³-hybridized carbons (Fsp3) is 0.455. The topological polar surface area (TPSA) is 72.2 Å². The average Bonchev–Trinajstić information content (AvgIpc) is 2.26. The van der Waals surface area contributed by atoms with Crippen LogP contribution in [0.2, 0.25) is 0 Å². The molecule has 1 aromatic rings. The third kappa shape index (κ3) is 3.46. The molecule has 0 aliphatic heterocycles. The van der Waals surface area contributed by atoms with Gasteiger partial charge in [-0.15, -0.1) is 0 Å². The maximum atomic E-state index is 13.5. The Labute approximate surface area is 109 Å². The molecule has 0 bridgehead atoms. The van der Waals surface area contributed by atoms with E-state index in [4.69, 9.17) is 5.73 Å². The largest absolute Gasteiger partial charge is 0.329 e. The first kappa shape index (κ1) is 15.9. The molecular weight excluding hydrogens is 281 g/mol. The van der Waals surface area contributed by atoms with Crippen molar-refractivity contribution in [1.82, 2.24) is 4.72 Å². The molecule has 0 aliphatic rings. The highest BCUT2D eigenvalue weighted by atomic mass is 32.2. The van der Waals surface area contributed by atoms with Crippen molar-refractivity contribution in [2.24, 2.45) is 5.73 Å². The van der Waals surface area contributed by atoms with Gasteiger partial charge in [0, 0.05) is 24.2 Å². The summed E-state index contributed by atoms with van der Waals surface area (Å²) in [6, 6.07) is 0.618. The molecule has 1 atom stereocenters. The predicted molar refractivity (Wildman–Crippen MR) is 64.4 cm³/mol. The Morgan fingerprint density at radius 1 is 1.26 bits per heavy atom. The second-order valence-electron chi connectivity index (χ2n) is 4.42. The van der Waals surface area contributed by atoms with Crippen LogP contribution in [-0.4, -0.2) is 20.5 Å². The van der Waals surface area contributed by atoms with E-state index in [1.165, 1.54) is 6.92 Å². The summed E-state index contributed by atoms with van der Waals surface area (Å²) < 4.78 is 65.7. The van der Waals surface area contributed by atoms with Crippen molar-refractivity contribution in [2.75, 3.05) is 6.54 Å². The molecule has 0 aromatic heterocycles. The van der Waals surface area contributed by atoms with Crippen molar-refractivity contribution in [3.63, 3.8) is 0 Å². The van der Waals surface area contributed by atoms with E-state index < -0.39 is 37.9 Å². The Kier molecular flexibility index (Phi) is 4.59. The quantitative estimate of drug-likeness (QED) is 0.865. The third-order valence-corrected chi connectivity index (χ3v) is 4.53. The molecule has 3 N–H and O–H groups in total. The Morgan fingerprint density at radius 2 is 1.74 bits per heavy atom. The summed E-state index contributed by atoms with van der Waals surface area (Å²) in [7, 11) is -4.47. The summed E-state index contributed by atoms with van der Waals surface area (Å²) >= 11 is 0. The number of rotatable bonds is 5. The van der Waals surface area contributed by atoms with Crippen LogP contribution < -0.4 is 10.5 Å². The normalized spacial score (nSPS) is 15.3. The Hall–Kier alpha value is -1.12. The number of nitrogens with one attached hydrogen (secondary N) is 1. The van der Waals surface area contributed by atoms with Crippen molar-refractivity contribution in [3.05, 3.63) is 29.6 Å². The Balaban J connectivity index is 3.29. The van der Waals surface area contributed by atoms with E-state index in [-0.39, 0.29) is 6.54 Å². The lowest BCUT2D eigenvalue weighted by atomic mass is 10.0. The molecular formula is C11H15F3N2O2S. The zero-order valence-corrected chi connectivity index (χ0v) is 11.3. The molecule has 19 heavy (non-hydrogen) atoms. The standard InChI is InChI=1S/C11H15F3N2O2S/c1-3-11(2,6-15)16-19(17,18)10-8(13)4-7(12)5-9(10)14/h4-5,16H,3,6,15H2,1-2H3. The van der Waals surface area contributed by atoms with Crippen LogP contribution in [0, 0.1) is 17.5 Å². The van der Waals surface area contributed by atoms with Gasteiger partial charge in [-0.25, -0.2) is 26.3 Å². The highest BCUT2D eigenvalue weighted by Crippen LogP contribution is 2.22. The molecule has 0 saturated carbocycles. The van der Waals surface area contributed by atoms with E-state index in [1.807, 2.05) is 0 Å². The van der Waals surface area contributed by atoms with Crippen LogP contribution in [0.5, 0.6) is 0 Å². The molecule has 1 unspecified atom stereocenters. The minimum Gasteiger partial charge on any atom is -0.329 e. The van der Waals surface area contributed by atoms with E-state index in [0.29, 0.717) is 18.6 Å². The predicted octanol–water partition coefficient (Wildman–Crippen LogP) is 1.51. The van der Waals surface area contributed by atoms with Gasteiger partial charge in [0.05, 0.1) is 0 Å². The van der Waals surface area contributed by atoms with Crippen molar-refractivity contribution in [1.29, 1.82) is 0 Å². The molecule has 0 radical (unpaired) electrons. The van der Waals surface area contributed by atoms with Crippen LogP contribution in [0.15, 0.2) is 17.0 Å². The first-order valence-corrected chi connectivity index (χ1v) is 7.02. The number of halogens is 3. The SMILES string of the molecule is CCC(C)(CN)NS(=O)(=O)c1c(F)cc(F)cc1F. The van der Waals surface area contributed by atoms with Gasteiger partial charge in [0.2, 0.25) is 10.0 Å². The van der Waals surface area contributed by atoms with Crippen molar-refractivity contribution in [3.8, 4) is 0 Å². The lowest BCUT2D eigenvalue weighted by Gasteiger charge is -2.27. The Morgan fingerprint density at radius 3 is 2.11 bits per heavy atom. The van der Waals surface area contributed by atoms with Crippen molar-refractivity contribution >= 4 is 10.0 Å². The summed E-state index contributed by atoms with van der Waals surface area (Å²) in [4.78, 5) is -1.21.